The van der Waals surface area contributed by atoms with E-state index in [1.54, 1.807) is 23.2 Å². The Kier molecular flexibility index (Phi) is 4.49. The summed E-state index contributed by atoms with van der Waals surface area (Å²) in [4.78, 5) is 8.18. The molecular formula is C12H14Cl2N6. The molecule has 2 aromatic rings. The largest absolute Gasteiger partial charge is 0.393 e. The van der Waals surface area contributed by atoms with Crippen LogP contribution in [0.3, 0.4) is 0 Å². The van der Waals surface area contributed by atoms with Gasteiger partial charge in [0, 0.05) is 29.8 Å². The third kappa shape index (κ3) is 3.63. The van der Waals surface area contributed by atoms with Gasteiger partial charge >= 0.3 is 0 Å². The summed E-state index contributed by atoms with van der Waals surface area (Å²) in [6, 6.07) is 5.11. The molecule has 0 amide bonds. The molecule has 106 valence electrons. The number of aromatic nitrogens is 2. The summed E-state index contributed by atoms with van der Waals surface area (Å²) < 4.78 is 0. The first kappa shape index (κ1) is 14.6. The summed E-state index contributed by atoms with van der Waals surface area (Å²) in [7, 11) is 3.68. The van der Waals surface area contributed by atoms with E-state index in [4.69, 9.17) is 28.9 Å². The van der Waals surface area contributed by atoms with Crippen LogP contribution >= 0.6 is 23.2 Å². The summed E-state index contributed by atoms with van der Waals surface area (Å²) in [5.41, 5.74) is 10.1. The van der Waals surface area contributed by atoms with E-state index in [0.29, 0.717) is 33.1 Å². The second-order valence-electron chi connectivity index (χ2n) is 4.27. The van der Waals surface area contributed by atoms with E-state index in [1.807, 2.05) is 14.1 Å². The molecule has 0 aliphatic heterocycles. The first-order chi connectivity index (χ1) is 9.45. The Bertz CT molecular complexity index is 597. The van der Waals surface area contributed by atoms with Crippen LogP contribution in [0.2, 0.25) is 10.0 Å². The van der Waals surface area contributed by atoms with Crippen LogP contribution in [0.25, 0.3) is 0 Å². The van der Waals surface area contributed by atoms with Crippen LogP contribution in [0, 0.1) is 0 Å². The Morgan fingerprint density at radius 2 is 1.65 bits per heavy atom. The Morgan fingerprint density at radius 1 is 1.05 bits per heavy atom. The smallest absolute Gasteiger partial charge is 0.169 e. The third-order valence-corrected chi connectivity index (χ3v) is 2.78. The number of nitrogens with zero attached hydrogens (tertiary/aromatic N) is 3. The van der Waals surface area contributed by atoms with E-state index < -0.39 is 0 Å². The summed E-state index contributed by atoms with van der Waals surface area (Å²) in [5, 5.41) is 5.85. The van der Waals surface area contributed by atoms with Crippen LogP contribution in [0.1, 0.15) is 0 Å². The first-order valence-electron chi connectivity index (χ1n) is 5.73. The van der Waals surface area contributed by atoms with Gasteiger partial charge in [-0.2, -0.15) is 0 Å². The topological polar surface area (TPSA) is 79.1 Å². The molecule has 0 radical (unpaired) electrons. The van der Waals surface area contributed by atoms with Gasteiger partial charge in [-0.15, -0.1) is 0 Å². The summed E-state index contributed by atoms with van der Waals surface area (Å²) in [6.45, 7) is 0. The number of anilines is 4. The van der Waals surface area contributed by atoms with Gasteiger partial charge in [-0.1, -0.05) is 23.2 Å². The lowest BCUT2D eigenvalue weighted by Crippen LogP contribution is -2.21. The molecule has 1 heterocycles. The van der Waals surface area contributed by atoms with E-state index in [1.165, 1.54) is 6.33 Å². The zero-order valence-corrected chi connectivity index (χ0v) is 12.5. The van der Waals surface area contributed by atoms with Gasteiger partial charge in [0.2, 0.25) is 0 Å². The molecule has 4 N–H and O–H groups in total. The lowest BCUT2D eigenvalue weighted by molar-refractivity contribution is 0.492. The highest BCUT2D eigenvalue weighted by atomic mass is 35.5. The zero-order valence-electron chi connectivity index (χ0n) is 11.0. The van der Waals surface area contributed by atoms with Crippen molar-refractivity contribution < 1.29 is 0 Å². The first-order valence-corrected chi connectivity index (χ1v) is 6.49. The normalized spacial score (nSPS) is 10.7. The van der Waals surface area contributed by atoms with E-state index in [9.17, 15) is 0 Å². The van der Waals surface area contributed by atoms with Crippen LogP contribution in [-0.4, -0.2) is 29.1 Å². The Hall–Kier alpha value is -1.76. The lowest BCUT2D eigenvalue weighted by Gasteiger charge is -2.16. The highest BCUT2D eigenvalue weighted by Crippen LogP contribution is 2.29. The van der Waals surface area contributed by atoms with Crippen LogP contribution in [-0.2, 0) is 0 Å². The zero-order chi connectivity index (χ0) is 14.7. The van der Waals surface area contributed by atoms with E-state index >= 15 is 0 Å². The predicted molar refractivity (Wildman–Crippen MR) is 83.5 cm³/mol. The van der Waals surface area contributed by atoms with Crippen molar-refractivity contribution in [1.82, 2.24) is 15.0 Å². The average Bonchev–Trinajstić information content (AvgIpc) is 2.32. The minimum Gasteiger partial charge on any atom is -0.393 e. The van der Waals surface area contributed by atoms with E-state index in [-0.39, 0.29) is 0 Å². The van der Waals surface area contributed by atoms with E-state index in [2.05, 4.69) is 20.7 Å². The van der Waals surface area contributed by atoms with Gasteiger partial charge in [0.25, 0.3) is 0 Å². The molecule has 1 aromatic carbocycles. The van der Waals surface area contributed by atoms with Gasteiger partial charge < -0.3 is 16.5 Å². The maximum Gasteiger partial charge on any atom is 0.169 e. The van der Waals surface area contributed by atoms with Crippen molar-refractivity contribution in [3.05, 3.63) is 34.6 Å². The van der Waals surface area contributed by atoms with Crippen molar-refractivity contribution in [3.8, 4) is 0 Å². The minimum atomic E-state index is 0.400. The van der Waals surface area contributed by atoms with Crippen LogP contribution in [0.15, 0.2) is 24.5 Å². The van der Waals surface area contributed by atoms with Crippen molar-refractivity contribution in [3.63, 3.8) is 0 Å². The highest BCUT2D eigenvalue weighted by molar-refractivity contribution is 6.35. The number of hydrogen-bond acceptors (Lipinski definition) is 6. The Morgan fingerprint density at radius 3 is 2.25 bits per heavy atom. The Balaban J connectivity index is 2.29. The molecule has 0 unspecified atom stereocenters. The summed E-state index contributed by atoms with van der Waals surface area (Å²) in [5.74, 6) is 0.989. The van der Waals surface area contributed by atoms with Crippen LogP contribution in [0.4, 0.5) is 23.0 Å². The van der Waals surface area contributed by atoms with Gasteiger partial charge in [0.1, 0.15) is 12.0 Å². The number of hydrogen-bond donors (Lipinski definition) is 3. The van der Waals surface area contributed by atoms with Gasteiger partial charge in [-0.3, -0.25) is 0 Å². The predicted octanol–water partition coefficient (Wildman–Crippen LogP) is 3.00. The molecule has 20 heavy (non-hydrogen) atoms. The minimum absolute atomic E-state index is 0.400. The van der Waals surface area contributed by atoms with Gasteiger partial charge in [-0.25, -0.2) is 15.0 Å². The molecule has 8 heteroatoms. The van der Waals surface area contributed by atoms with Crippen molar-refractivity contribution >= 4 is 46.2 Å². The van der Waals surface area contributed by atoms with Gasteiger partial charge in [-0.05, 0) is 18.2 Å². The van der Waals surface area contributed by atoms with Crippen molar-refractivity contribution in [2.75, 3.05) is 30.6 Å². The van der Waals surface area contributed by atoms with Crippen LogP contribution in [0.5, 0.6) is 0 Å². The van der Waals surface area contributed by atoms with Gasteiger partial charge in [0.15, 0.2) is 11.6 Å². The van der Waals surface area contributed by atoms with Gasteiger partial charge in [0.05, 0.1) is 0 Å². The molecular weight excluding hydrogens is 299 g/mol. The fourth-order valence-corrected chi connectivity index (χ4v) is 2.08. The maximum absolute atomic E-state index is 6.01. The molecule has 0 aliphatic rings. The lowest BCUT2D eigenvalue weighted by atomic mass is 10.3. The number of halogens is 2. The molecule has 0 fully saturated rings. The second kappa shape index (κ2) is 6.13. The third-order valence-electron chi connectivity index (χ3n) is 2.34. The number of nitrogens with one attached hydrogen (secondary N) is 2. The molecule has 2 rings (SSSR count). The number of benzene rings is 1. The van der Waals surface area contributed by atoms with Crippen molar-refractivity contribution in [2.45, 2.75) is 0 Å². The summed E-state index contributed by atoms with van der Waals surface area (Å²) in [6.07, 6.45) is 1.41. The summed E-state index contributed by atoms with van der Waals surface area (Å²) >= 11 is 11.9. The average molecular weight is 313 g/mol. The molecule has 0 atom stereocenters. The molecule has 6 nitrogen and oxygen atoms in total. The second-order valence-corrected chi connectivity index (χ2v) is 5.15. The van der Waals surface area contributed by atoms with Crippen molar-refractivity contribution in [1.29, 1.82) is 0 Å². The number of nitrogens with two attached hydrogens (primary N) is 1. The molecule has 0 spiro atoms. The molecule has 1 aromatic heterocycles. The highest BCUT2D eigenvalue weighted by Gasteiger charge is 2.09. The maximum atomic E-state index is 6.01. The number of hydrazine groups is 1. The standard InChI is InChI=1S/C12H14Cl2N6/c1-20(2)19-12-10(15)11(16-6-17-12)18-9-4-7(13)3-8(14)5-9/h3-6H,15H2,1-2H3,(H2,16,17,18,19). The molecule has 0 bridgehead atoms. The monoisotopic (exact) mass is 312 g/mol. The molecule has 0 saturated heterocycles. The van der Waals surface area contributed by atoms with Crippen molar-refractivity contribution in [2.24, 2.45) is 0 Å². The fraction of sp³-hybridized carbons (Fsp3) is 0.167. The van der Waals surface area contributed by atoms with Crippen LogP contribution < -0.4 is 16.5 Å². The molecule has 0 aliphatic carbocycles. The SMILES string of the molecule is CN(C)Nc1ncnc(Nc2cc(Cl)cc(Cl)c2)c1N. The van der Waals surface area contributed by atoms with E-state index in [0.717, 1.165) is 0 Å². The number of nitrogen functional groups attached to an aromatic ring is 1. The molecule has 0 saturated carbocycles. The Labute approximate surface area is 126 Å². The number of rotatable bonds is 4. The quantitative estimate of drug-likeness (QED) is 0.753. The fourth-order valence-electron chi connectivity index (χ4n) is 1.56.